The molecule has 146 valence electrons. The van der Waals surface area contributed by atoms with Gasteiger partial charge >= 0.3 is 0 Å². The van der Waals surface area contributed by atoms with E-state index >= 15 is 0 Å². The monoisotopic (exact) mass is 381 g/mol. The normalized spacial score (nSPS) is 12.5. The van der Waals surface area contributed by atoms with Gasteiger partial charge in [0.15, 0.2) is 11.5 Å². The summed E-state index contributed by atoms with van der Waals surface area (Å²) >= 11 is 0. The van der Waals surface area contributed by atoms with E-state index in [-0.39, 0.29) is 12.5 Å². The van der Waals surface area contributed by atoms with Crippen LogP contribution in [0.3, 0.4) is 0 Å². The average molecular weight is 381 g/mol. The van der Waals surface area contributed by atoms with Crippen LogP contribution in [-0.2, 0) is 9.59 Å². The molecule has 2 aromatic rings. The van der Waals surface area contributed by atoms with Crippen LogP contribution in [0.25, 0.3) is 6.08 Å². The first-order chi connectivity index (χ1) is 13.5. The number of fused-ring (bicyclic) bond motifs is 1. The molecule has 0 radical (unpaired) electrons. The van der Waals surface area contributed by atoms with Crippen molar-refractivity contribution in [2.45, 2.75) is 13.8 Å². The van der Waals surface area contributed by atoms with Crippen LogP contribution in [0, 0.1) is 13.8 Å². The Balaban J connectivity index is 1.44. The number of hydrazine groups is 1. The second-order valence-corrected chi connectivity index (χ2v) is 6.45. The van der Waals surface area contributed by atoms with Crippen LogP contribution in [0.15, 0.2) is 42.5 Å². The van der Waals surface area contributed by atoms with E-state index in [1.165, 1.54) is 6.08 Å². The van der Waals surface area contributed by atoms with Crippen molar-refractivity contribution in [3.63, 3.8) is 0 Å². The number of ether oxygens (including phenoxy) is 2. The van der Waals surface area contributed by atoms with E-state index in [2.05, 4.69) is 16.2 Å². The lowest BCUT2D eigenvalue weighted by molar-refractivity contribution is -0.125. The van der Waals surface area contributed by atoms with E-state index in [1.807, 2.05) is 38.1 Å². The first kappa shape index (κ1) is 19.3. The second kappa shape index (κ2) is 8.94. The number of carbonyl (C=O) groups is 2. The number of anilines is 1. The summed E-state index contributed by atoms with van der Waals surface area (Å²) in [4.78, 5) is 23.8. The van der Waals surface area contributed by atoms with Crippen LogP contribution >= 0.6 is 0 Å². The molecule has 1 aliphatic heterocycles. The number of amides is 2. The molecular formula is C21H23N3O4. The van der Waals surface area contributed by atoms with Gasteiger partial charge in [0.1, 0.15) is 13.2 Å². The molecule has 28 heavy (non-hydrogen) atoms. The lowest BCUT2D eigenvalue weighted by Gasteiger charge is -2.18. The number of rotatable bonds is 5. The standard InChI is InChI=1S/C21H23N3O4/c1-14-3-6-17(15(2)11-14)22-13-21(26)24-23-20(25)8-5-16-4-7-18-19(12-16)28-10-9-27-18/h3-8,11-12,22H,9-10,13H2,1-2H3,(H,23,25)(H,24,26)/b8-5+. The van der Waals surface area contributed by atoms with Gasteiger partial charge in [-0.25, -0.2) is 0 Å². The molecule has 0 aliphatic carbocycles. The van der Waals surface area contributed by atoms with Gasteiger partial charge in [0.05, 0.1) is 6.54 Å². The Morgan fingerprint density at radius 1 is 1.00 bits per heavy atom. The van der Waals surface area contributed by atoms with Crippen LogP contribution < -0.4 is 25.6 Å². The van der Waals surface area contributed by atoms with Gasteiger partial charge in [-0.05, 0) is 49.2 Å². The zero-order valence-electron chi connectivity index (χ0n) is 15.9. The third kappa shape index (κ3) is 5.26. The molecule has 7 nitrogen and oxygen atoms in total. The van der Waals surface area contributed by atoms with Gasteiger partial charge in [-0.2, -0.15) is 0 Å². The fourth-order valence-electron chi connectivity index (χ4n) is 2.74. The van der Waals surface area contributed by atoms with Crippen LogP contribution in [0.4, 0.5) is 5.69 Å². The maximum absolute atomic E-state index is 11.9. The van der Waals surface area contributed by atoms with E-state index in [0.717, 1.165) is 22.4 Å². The zero-order chi connectivity index (χ0) is 19.9. The molecule has 7 heteroatoms. The molecule has 0 fully saturated rings. The third-order valence-corrected chi connectivity index (χ3v) is 4.14. The van der Waals surface area contributed by atoms with Gasteiger partial charge in [-0.1, -0.05) is 23.8 Å². The van der Waals surface area contributed by atoms with E-state index in [9.17, 15) is 9.59 Å². The largest absolute Gasteiger partial charge is 0.486 e. The number of aryl methyl sites for hydroxylation is 2. The van der Waals surface area contributed by atoms with E-state index in [4.69, 9.17) is 9.47 Å². The van der Waals surface area contributed by atoms with Gasteiger partial charge in [-0.15, -0.1) is 0 Å². The minimum Gasteiger partial charge on any atom is -0.486 e. The fourth-order valence-corrected chi connectivity index (χ4v) is 2.74. The van der Waals surface area contributed by atoms with Gasteiger partial charge in [0, 0.05) is 11.8 Å². The Labute approximate surface area is 163 Å². The van der Waals surface area contributed by atoms with Crippen molar-refractivity contribution in [3.05, 3.63) is 59.2 Å². The highest BCUT2D eigenvalue weighted by Crippen LogP contribution is 2.31. The fraction of sp³-hybridized carbons (Fsp3) is 0.238. The Hall–Kier alpha value is -3.48. The van der Waals surface area contributed by atoms with Gasteiger partial charge < -0.3 is 14.8 Å². The maximum Gasteiger partial charge on any atom is 0.262 e. The van der Waals surface area contributed by atoms with E-state index in [0.29, 0.717) is 24.7 Å². The highest BCUT2D eigenvalue weighted by Gasteiger charge is 2.11. The molecule has 1 aliphatic rings. The van der Waals surface area contributed by atoms with Gasteiger partial charge in [-0.3, -0.25) is 20.4 Å². The molecule has 0 unspecified atom stereocenters. The van der Waals surface area contributed by atoms with Crippen molar-refractivity contribution in [3.8, 4) is 11.5 Å². The van der Waals surface area contributed by atoms with Crippen molar-refractivity contribution >= 4 is 23.6 Å². The van der Waals surface area contributed by atoms with E-state index in [1.54, 1.807) is 18.2 Å². The summed E-state index contributed by atoms with van der Waals surface area (Å²) < 4.78 is 11.0. The Bertz CT molecular complexity index is 909. The van der Waals surface area contributed by atoms with Crippen LogP contribution in [-0.4, -0.2) is 31.6 Å². The van der Waals surface area contributed by atoms with Crippen molar-refractivity contribution in [2.24, 2.45) is 0 Å². The molecule has 2 aromatic carbocycles. The Kier molecular flexibility index (Phi) is 6.16. The molecule has 0 bridgehead atoms. The third-order valence-electron chi connectivity index (χ3n) is 4.14. The van der Waals surface area contributed by atoms with Crippen molar-refractivity contribution in [2.75, 3.05) is 25.1 Å². The minimum atomic E-state index is -0.435. The number of hydrogen-bond acceptors (Lipinski definition) is 5. The number of carbonyl (C=O) groups excluding carboxylic acids is 2. The first-order valence-corrected chi connectivity index (χ1v) is 8.99. The lowest BCUT2D eigenvalue weighted by Crippen LogP contribution is -2.43. The highest BCUT2D eigenvalue weighted by atomic mass is 16.6. The molecule has 0 saturated carbocycles. The molecule has 1 heterocycles. The smallest absolute Gasteiger partial charge is 0.262 e. The lowest BCUT2D eigenvalue weighted by atomic mass is 10.1. The molecule has 0 saturated heterocycles. The molecule has 0 aromatic heterocycles. The predicted molar refractivity (Wildman–Crippen MR) is 107 cm³/mol. The minimum absolute atomic E-state index is 0.0516. The molecule has 3 rings (SSSR count). The summed E-state index contributed by atoms with van der Waals surface area (Å²) in [6, 6.07) is 11.3. The number of nitrogens with one attached hydrogen (secondary N) is 3. The summed E-state index contributed by atoms with van der Waals surface area (Å²) in [5.41, 5.74) is 8.61. The van der Waals surface area contributed by atoms with Crippen LogP contribution in [0.1, 0.15) is 16.7 Å². The van der Waals surface area contributed by atoms with E-state index < -0.39 is 5.91 Å². The SMILES string of the molecule is Cc1ccc(NCC(=O)NNC(=O)/C=C/c2ccc3c(c2)OCCO3)c(C)c1. The van der Waals surface area contributed by atoms with Gasteiger partial charge in [0.2, 0.25) is 0 Å². The van der Waals surface area contributed by atoms with Crippen LogP contribution in [0.5, 0.6) is 11.5 Å². The number of hydrogen-bond donors (Lipinski definition) is 3. The average Bonchev–Trinajstić information content (AvgIpc) is 2.70. The quantitative estimate of drug-likeness (QED) is 0.547. The topological polar surface area (TPSA) is 88.7 Å². The summed E-state index contributed by atoms with van der Waals surface area (Å²) in [5, 5.41) is 3.04. The summed E-state index contributed by atoms with van der Waals surface area (Å²) in [6.45, 7) is 5.07. The summed E-state index contributed by atoms with van der Waals surface area (Å²) in [6.07, 6.45) is 2.97. The molecular weight excluding hydrogens is 358 g/mol. The van der Waals surface area contributed by atoms with Gasteiger partial charge in [0.25, 0.3) is 11.8 Å². The maximum atomic E-state index is 11.9. The first-order valence-electron chi connectivity index (χ1n) is 8.99. The number of benzene rings is 2. The zero-order valence-corrected chi connectivity index (χ0v) is 15.9. The molecule has 3 N–H and O–H groups in total. The predicted octanol–water partition coefficient (Wildman–Crippen LogP) is 2.35. The summed E-state index contributed by atoms with van der Waals surface area (Å²) in [5.74, 6) is 0.562. The van der Waals surface area contributed by atoms with Crippen LogP contribution in [0.2, 0.25) is 0 Å². The molecule has 0 atom stereocenters. The Morgan fingerprint density at radius 2 is 1.79 bits per heavy atom. The van der Waals surface area contributed by atoms with Crippen molar-refractivity contribution < 1.29 is 19.1 Å². The van der Waals surface area contributed by atoms with Crippen molar-refractivity contribution in [1.29, 1.82) is 0 Å². The van der Waals surface area contributed by atoms with Crippen molar-refractivity contribution in [1.82, 2.24) is 10.9 Å². The molecule has 0 spiro atoms. The molecule has 2 amide bonds. The highest BCUT2D eigenvalue weighted by molar-refractivity contribution is 5.93. The second-order valence-electron chi connectivity index (χ2n) is 6.45. The summed E-state index contributed by atoms with van der Waals surface area (Å²) in [7, 11) is 0. The Morgan fingerprint density at radius 3 is 2.57 bits per heavy atom.